The molecule has 2 heteroatoms. The summed E-state index contributed by atoms with van der Waals surface area (Å²) >= 11 is 0. The number of rotatable bonds is 3. The molecule has 0 aliphatic carbocycles. The highest BCUT2D eigenvalue weighted by molar-refractivity contribution is 5.53. The summed E-state index contributed by atoms with van der Waals surface area (Å²) in [4.78, 5) is 2.63. The first-order valence-electron chi connectivity index (χ1n) is 9.38. The monoisotopic (exact) mass is 319 g/mol. The number of likely N-dealkylation sites (tertiary alicyclic amines) is 1. The Morgan fingerprint density at radius 3 is 1.71 bits per heavy atom. The molecule has 2 unspecified atom stereocenters. The number of benzene rings is 2. The Labute approximate surface area is 145 Å². The minimum atomic E-state index is 0.498. The van der Waals surface area contributed by atoms with Gasteiger partial charge < -0.3 is 0 Å². The first-order valence-corrected chi connectivity index (χ1v) is 9.38. The summed E-state index contributed by atoms with van der Waals surface area (Å²) < 4.78 is 2.54. The van der Waals surface area contributed by atoms with Crippen molar-refractivity contribution in [3.63, 3.8) is 0 Å². The summed E-state index contributed by atoms with van der Waals surface area (Å²) in [6.45, 7) is 2.42. The van der Waals surface area contributed by atoms with Crippen molar-refractivity contribution in [2.24, 2.45) is 0 Å². The van der Waals surface area contributed by atoms with Gasteiger partial charge in [-0.05, 0) is 43.2 Å². The molecule has 2 aliphatic heterocycles. The van der Waals surface area contributed by atoms with Crippen LogP contribution in [0.2, 0.25) is 0 Å². The third-order valence-corrected chi connectivity index (χ3v) is 5.49. The number of hydrogen-bond acceptors (Lipinski definition) is 0. The Morgan fingerprint density at radius 1 is 0.708 bits per heavy atom. The molecule has 2 atom stereocenters. The van der Waals surface area contributed by atoms with Crippen molar-refractivity contribution >= 4 is 6.34 Å². The number of piperidine rings is 1. The molecule has 0 saturated carbocycles. The van der Waals surface area contributed by atoms with Gasteiger partial charge in [0.05, 0.1) is 13.1 Å². The van der Waals surface area contributed by atoms with E-state index in [1.165, 1.54) is 56.3 Å². The molecule has 0 bridgehead atoms. The molecule has 0 radical (unpaired) electrons. The molecular formula is C22H27N2+. The van der Waals surface area contributed by atoms with Gasteiger partial charge in [-0.15, -0.1) is 0 Å². The highest BCUT2D eigenvalue weighted by Crippen LogP contribution is 2.42. The fourth-order valence-electron chi connectivity index (χ4n) is 4.24. The van der Waals surface area contributed by atoms with E-state index < -0.39 is 0 Å². The van der Waals surface area contributed by atoms with Crippen molar-refractivity contribution in [2.75, 3.05) is 13.1 Å². The highest BCUT2D eigenvalue weighted by atomic mass is 15.3. The van der Waals surface area contributed by atoms with E-state index in [4.69, 9.17) is 0 Å². The Balaban J connectivity index is 1.67. The summed E-state index contributed by atoms with van der Waals surface area (Å²) in [7, 11) is 0. The minimum Gasteiger partial charge on any atom is -0.268 e. The lowest BCUT2D eigenvalue weighted by molar-refractivity contribution is -0.537. The molecule has 2 aromatic carbocycles. The zero-order valence-electron chi connectivity index (χ0n) is 14.3. The molecule has 4 rings (SSSR count). The lowest BCUT2D eigenvalue weighted by atomic mass is 10.0. The predicted octanol–water partition coefficient (Wildman–Crippen LogP) is 4.79. The van der Waals surface area contributed by atoms with Crippen LogP contribution in [0.5, 0.6) is 0 Å². The molecule has 0 aromatic heterocycles. The molecule has 0 spiro atoms. The Bertz CT molecular complexity index is 622. The van der Waals surface area contributed by atoms with Crippen molar-refractivity contribution in [3.05, 3.63) is 71.8 Å². The van der Waals surface area contributed by atoms with Crippen LogP contribution in [0.25, 0.3) is 0 Å². The lowest BCUT2D eigenvalue weighted by Gasteiger charge is -2.25. The molecule has 2 heterocycles. The van der Waals surface area contributed by atoms with Crippen molar-refractivity contribution in [1.82, 2.24) is 4.90 Å². The van der Waals surface area contributed by atoms with E-state index >= 15 is 0 Å². The van der Waals surface area contributed by atoms with Crippen LogP contribution < -0.4 is 0 Å². The zero-order valence-corrected chi connectivity index (χ0v) is 14.3. The smallest absolute Gasteiger partial charge is 0.235 e. The van der Waals surface area contributed by atoms with E-state index in [1.54, 1.807) is 0 Å². The SMILES string of the molecule is C(N1C(c2ccccc2)CCC1c1ccccc1)=[N+]1CCCCC1. The second-order valence-electron chi connectivity index (χ2n) is 7.09. The van der Waals surface area contributed by atoms with Gasteiger partial charge in [-0.25, -0.2) is 0 Å². The van der Waals surface area contributed by atoms with Crippen molar-refractivity contribution in [1.29, 1.82) is 0 Å². The fourth-order valence-corrected chi connectivity index (χ4v) is 4.24. The van der Waals surface area contributed by atoms with Gasteiger partial charge in [0.2, 0.25) is 6.34 Å². The van der Waals surface area contributed by atoms with Crippen LogP contribution in [0, 0.1) is 0 Å². The van der Waals surface area contributed by atoms with Crippen LogP contribution in [-0.2, 0) is 0 Å². The molecular weight excluding hydrogens is 292 g/mol. The molecule has 2 nitrogen and oxygen atoms in total. The van der Waals surface area contributed by atoms with E-state index in [9.17, 15) is 0 Å². The van der Waals surface area contributed by atoms with E-state index in [0.29, 0.717) is 12.1 Å². The highest BCUT2D eigenvalue weighted by Gasteiger charge is 2.39. The van der Waals surface area contributed by atoms with Gasteiger partial charge in [0.1, 0.15) is 12.1 Å². The van der Waals surface area contributed by atoms with Crippen molar-refractivity contribution in [2.45, 2.75) is 44.2 Å². The van der Waals surface area contributed by atoms with Gasteiger partial charge in [0, 0.05) is 0 Å². The van der Waals surface area contributed by atoms with E-state index in [0.717, 1.165) is 0 Å². The predicted molar refractivity (Wildman–Crippen MR) is 99.3 cm³/mol. The topological polar surface area (TPSA) is 6.25 Å². The maximum atomic E-state index is 2.63. The number of hydrogen-bond donors (Lipinski definition) is 0. The Kier molecular flexibility index (Phi) is 4.64. The second kappa shape index (κ2) is 7.21. The van der Waals surface area contributed by atoms with Crippen molar-refractivity contribution < 1.29 is 4.58 Å². The van der Waals surface area contributed by atoms with Crippen molar-refractivity contribution in [3.8, 4) is 0 Å². The molecule has 0 N–H and O–H groups in total. The third kappa shape index (κ3) is 3.24. The van der Waals surface area contributed by atoms with Crippen LogP contribution in [-0.4, -0.2) is 28.9 Å². The van der Waals surface area contributed by atoms with Crippen LogP contribution in [0.15, 0.2) is 60.7 Å². The Hall–Kier alpha value is -2.09. The minimum absolute atomic E-state index is 0.498. The zero-order chi connectivity index (χ0) is 16.2. The summed E-state index contributed by atoms with van der Waals surface area (Å²) in [6.07, 6.45) is 8.95. The van der Waals surface area contributed by atoms with Gasteiger partial charge in [0.25, 0.3) is 0 Å². The summed E-state index contributed by atoms with van der Waals surface area (Å²) in [6, 6.07) is 23.1. The van der Waals surface area contributed by atoms with E-state index in [-0.39, 0.29) is 0 Å². The molecule has 124 valence electrons. The van der Waals surface area contributed by atoms with Crippen LogP contribution in [0.1, 0.15) is 55.3 Å². The lowest BCUT2D eigenvalue weighted by Crippen LogP contribution is -2.32. The van der Waals surface area contributed by atoms with Gasteiger partial charge in [-0.2, -0.15) is 0 Å². The van der Waals surface area contributed by atoms with E-state index in [1.807, 2.05) is 0 Å². The molecule has 2 fully saturated rings. The summed E-state index contributed by atoms with van der Waals surface area (Å²) in [5.74, 6) is 0. The quantitative estimate of drug-likeness (QED) is 0.582. The van der Waals surface area contributed by atoms with Crippen LogP contribution in [0.3, 0.4) is 0 Å². The Morgan fingerprint density at radius 2 is 1.21 bits per heavy atom. The average Bonchev–Trinajstić information content (AvgIpc) is 3.07. The van der Waals surface area contributed by atoms with Gasteiger partial charge >= 0.3 is 0 Å². The molecule has 2 aromatic rings. The third-order valence-electron chi connectivity index (χ3n) is 5.49. The first kappa shape index (κ1) is 15.4. The van der Waals surface area contributed by atoms with E-state index in [2.05, 4.69) is 76.5 Å². The normalized spacial score (nSPS) is 24.2. The molecule has 24 heavy (non-hydrogen) atoms. The number of nitrogens with zero attached hydrogens (tertiary/aromatic N) is 2. The average molecular weight is 319 g/mol. The molecule has 0 amide bonds. The first-order chi connectivity index (χ1) is 11.9. The van der Waals surface area contributed by atoms with Crippen LogP contribution >= 0.6 is 0 Å². The van der Waals surface area contributed by atoms with Gasteiger partial charge in [-0.1, -0.05) is 60.7 Å². The fraction of sp³-hybridized carbons (Fsp3) is 0.409. The standard InChI is InChI=1S/C22H27N2/c1-4-10-19(11-5-1)21-14-15-22(20-12-6-2-7-13-20)24(21)18-23-16-8-3-9-17-23/h1-2,4-7,10-13,18,21-22H,3,8-9,14-17H2/q+1. The van der Waals surface area contributed by atoms with Crippen LogP contribution in [0.4, 0.5) is 0 Å². The maximum absolute atomic E-state index is 2.63. The summed E-state index contributed by atoms with van der Waals surface area (Å²) in [5.41, 5.74) is 2.90. The van der Waals surface area contributed by atoms with Gasteiger partial charge in [0.15, 0.2) is 0 Å². The summed E-state index contributed by atoms with van der Waals surface area (Å²) in [5, 5.41) is 0. The molecule has 2 aliphatic rings. The maximum Gasteiger partial charge on any atom is 0.235 e. The van der Waals surface area contributed by atoms with Gasteiger partial charge in [-0.3, -0.25) is 9.48 Å². The largest absolute Gasteiger partial charge is 0.268 e. The molecule has 2 saturated heterocycles. The second-order valence-corrected chi connectivity index (χ2v) is 7.09.